The van der Waals surface area contributed by atoms with E-state index in [0.717, 1.165) is 0 Å². The van der Waals surface area contributed by atoms with Crippen LogP contribution in [0.5, 0.6) is 0 Å². The minimum Gasteiger partial charge on any atom is -0.459 e. The number of ether oxygens (including phenoxy) is 3. The number of hydrogen-bond donors (Lipinski definition) is 2. The topological polar surface area (TPSA) is 85.2 Å². The Morgan fingerprint density at radius 1 is 1.32 bits per heavy atom. The number of carbonyl (C=O) groups is 1. The molecule has 1 aromatic rings. The largest absolute Gasteiger partial charge is 0.459 e. The van der Waals surface area contributed by atoms with Crippen LogP contribution in [0.15, 0.2) is 30.3 Å². The zero-order valence-corrected chi connectivity index (χ0v) is 10.4. The van der Waals surface area contributed by atoms with Gasteiger partial charge in [0.1, 0.15) is 24.9 Å². The van der Waals surface area contributed by atoms with Crippen molar-refractivity contribution in [1.82, 2.24) is 0 Å². The van der Waals surface area contributed by atoms with Crippen molar-refractivity contribution in [3.05, 3.63) is 35.9 Å². The van der Waals surface area contributed by atoms with Crippen molar-refractivity contribution in [3.8, 4) is 0 Å². The van der Waals surface area contributed by atoms with Crippen LogP contribution in [-0.4, -0.2) is 54.5 Å². The Morgan fingerprint density at radius 3 is 2.58 bits per heavy atom. The van der Waals surface area contributed by atoms with E-state index in [4.69, 9.17) is 14.2 Å². The lowest BCUT2D eigenvalue weighted by Crippen LogP contribution is -2.36. The number of hydrogen-bond acceptors (Lipinski definition) is 6. The Bertz CT molecular complexity index is 420. The molecule has 1 saturated heterocycles. The van der Waals surface area contributed by atoms with E-state index in [2.05, 4.69) is 0 Å². The highest BCUT2D eigenvalue weighted by atomic mass is 16.7. The Labute approximate surface area is 110 Å². The van der Waals surface area contributed by atoms with Gasteiger partial charge in [-0.25, -0.2) is 4.79 Å². The standard InChI is InChI=1S/C13H16O6/c1-17-11-10(14)9(19-13(11)16)7-18-12(15)8-5-3-2-4-6-8/h2-6,9-11,13-14,16H,7H2,1H3/t9-,10?,11?,13+/m1/s1. The Morgan fingerprint density at radius 2 is 2.00 bits per heavy atom. The van der Waals surface area contributed by atoms with Gasteiger partial charge in [-0.2, -0.15) is 0 Å². The summed E-state index contributed by atoms with van der Waals surface area (Å²) >= 11 is 0. The van der Waals surface area contributed by atoms with Gasteiger partial charge in [0.05, 0.1) is 5.56 Å². The monoisotopic (exact) mass is 268 g/mol. The van der Waals surface area contributed by atoms with E-state index in [1.54, 1.807) is 30.3 Å². The minimum atomic E-state index is -1.22. The summed E-state index contributed by atoms with van der Waals surface area (Å²) < 4.78 is 15.0. The molecule has 6 nitrogen and oxygen atoms in total. The third kappa shape index (κ3) is 3.10. The molecule has 1 heterocycles. The average molecular weight is 268 g/mol. The SMILES string of the molecule is COC1C(O)[C@@H](COC(=O)c2ccccc2)O[C@@H]1O. The fraction of sp³-hybridized carbons (Fsp3) is 0.462. The zero-order chi connectivity index (χ0) is 13.8. The van der Waals surface area contributed by atoms with Crippen LogP contribution in [0.3, 0.4) is 0 Å². The van der Waals surface area contributed by atoms with Gasteiger partial charge >= 0.3 is 5.97 Å². The summed E-state index contributed by atoms with van der Waals surface area (Å²) in [4.78, 5) is 11.7. The maximum atomic E-state index is 11.7. The van der Waals surface area contributed by atoms with Crippen LogP contribution in [-0.2, 0) is 14.2 Å². The third-order valence-electron chi connectivity index (χ3n) is 2.97. The van der Waals surface area contributed by atoms with Crippen LogP contribution in [0.4, 0.5) is 0 Å². The van der Waals surface area contributed by atoms with Crippen LogP contribution in [0.1, 0.15) is 10.4 Å². The molecule has 2 unspecified atom stereocenters. The lowest BCUT2D eigenvalue weighted by molar-refractivity contribution is -0.140. The van der Waals surface area contributed by atoms with E-state index in [0.29, 0.717) is 5.56 Å². The lowest BCUT2D eigenvalue weighted by Gasteiger charge is -2.16. The quantitative estimate of drug-likeness (QED) is 0.744. The first-order valence-electron chi connectivity index (χ1n) is 5.90. The highest BCUT2D eigenvalue weighted by Gasteiger charge is 2.43. The maximum absolute atomic E-state index is 11.7. The predicted octanol–water partition coefficient (Wildman–Crippen LogP) is -0.0635. The molecule has 6 heteroatoms. The van der Waals surface area contributed by atoms with Crippen molar-refractivity contribution >= 4 is 5.97 Å². The number of carbonyl (C=O) groups excluding carboxylic acids is 1. The Hall–Kier alpha value is -1.47. The molecule has 0 radical (unpaired) electrons. The van der Waals surface area contributed by atoms with Gasteiger partial charge in [0.25, 0.3) is 0 Å². The first-order valence-corrected chi connectivity index (χ1v) is 5.90. The van der Waals surface area contributed by atoms with E-state index in [-0.39, 0.29) is 6.61 Å². The fourth-order valence-electron chi connectivity index (χ4n) is 1.93. The van der Waals surface area contributed by atoms with Crippen LogP contribution in [0.25, 0.3) is 0 Å². The number of benzene rings is 1. The summed E-state index contributed by atoms with van der Waals surface area (Å²) in [6, 6.07) is 8.49. The smallest absolute Gasteiger partial charge is 0.338 e. The second-order valence-corrected chi connectivity index (χ2v) is 4.22. The van der Waals surface area contributed by atoms with E-state index in [1.807, 2.05) is 0 Å². The summed E-state index contributed by atoms with van der Waals surface area (Å²) in [5.41, 5.74) is 0.416. The number of aliphatic hydroxyl groups is 2. The first-order chi connectivity index (χ1) is 9.13. The van der Waals surface area contributed by atoms with Crippen molar-refractivity contribution in [2.24, 2.45) is 0 Å². The van der Waals surface area contributed by atoms with Crippen LogP contribution < -0.4 is 0 Å². The number of rotatable bonds is 4. The van der Waals surface area contributed by atoms with Crippen LogP contribution in [0, 0.1) is 0 Å². The van der Waals surface area contributed by atoms with Crippen molar-refractivity contribution in [2.45, 2.75) is 24.6 Å². The molecule has 19 heavy (non-hydrogen) atoms. The lowest BCUT2D eigenvalue weighted by atomic mass is 10.1. The molecule has 2 N–H and O–H groups in total. The van der Waals surface area contributed by atoms with Crippen molar-refractivity contribution in [1.29, 1.82) is 0 Å². The highest BCUT2D eigenvalue weighted by molar-refractivity contribution is 5.89. The number of esters is 1. The normalized spacial score (nSPS) is 30.3. The zero-order valence-electron chi connectivity index (χ0n) is 10.4. The van der Waals surface area contributed by atoms with Crippen LogP contribution in [0.2, 0.25) is 0 Å². The molecule has 0 aliphatic carbocycles. The summed E-state index contributed by atoms with van der Waals surface area (Å²) in [6.07, 6.45) is -3.89. The molecule has 1 aliphatic heterocycles. The molecule has 4 atom stereocenters. The second-order valence-electron chi connectivity index (χ2n) is 4.22. The maximum Gasteiger partial charge on any atom is 0.338 e. The molecule has 0 spiro atoms. The number of methoxy groups -OCH3 is 1. The molecule has 0 bridgehead atoms. The Balaban J connectivity index is 1.88. The Kier molecular flexibility index (Phi) is 4.49. The predicted molar refractivity (Wildman–Crippen MR) is 64.4 cm³/mol. The summed E-state index contributed by atoms with van der Waals surface area (Å²) in [5.74, 6) is -0.508. The molecule has 1 aromatic carbocycles. The molecule has 104 valence electrons. The van der Waals surface area contributed by atoms with Gasteiger partial charge in [0.2, 0.25) is 0 Å². The van der Waals surface area contributed by atoms with E-state index in [1.165, 1.54) is 7.11 Å². The van der Waals surface area contributed by atoms with E-state index in [9.17, 15) is 15.0 Å². The van der Waals surface area contributed by atoms with Gasteiger partial charge in [-0.15, -0.1) is 0 Å². The molecular weight excluding hydrogens is 252 g/mol. The van der Waals surface area contributed by atoms with E-state index >= 15 is 0 Å². The van der Waals surface area contributed by atoms with E-state index < -0.39 is 30.6 Å². The second kappa shape index (κ2) is 6.12. The molecular formula is C13H16O6. The summed E-state index contributed by atoms with van der Waals surface area (Å²) in [6.45, 7) is -0.147. The fourth-order valence-corrected chi connectivity index (χ4v) is 1.93. The number of aliphatic hydroxyl groups excluding tert-OH is 2. The first kappa shape index (κ1) is 14.0. The van der Waals surface area contributed by atoms with Gasteiger partial charge in [-0.3, -0.25) is 0 Å². The van der Waals surface area contributed by atoms with Gasteiger partial charge in [0.15, 0.2) is 6.29 Å². The van der Waals surface area contributed by atoms with Crippen molar-refractivity contribution in [2.75, 3.05) is 13.7 Å². The van der Waals surface area contributed by atoms with Crippen LogP contribution >= 0.6 is 0 Å². The van der Waals surface area contributed by atoms with Crippen molar-refractivity contribution < 1.29 is 29.2 Å². The molecule has 1 fully saturated rings. The molecule has 2 rings (SSSR count). The van der Waals surface area contributed by atoms with Gasteiger partial charge in [-0.1, -0.05) is 18.2 Å². The molecule has 0 amide bonds. The molecule has 1 aliphatic rings. The van der Waals surface area contributed by atoms with Gasteiger partial charge in [-0.05, 0) is 12.1 Å². The van der Waals surface area contributed by atoms with Gasteiger partial charge in [0, 0.05) is 7.11 Å². The third-order valence-corrected chi connectivity index (χ3v) is 2.97. The van der Waals surface area contributed by atoms with Crippen molar-refractivity contribution in [3.63, 3.8) is 0 Å². The molecule has 0 saturated carbocycles. The highest BCUT2D eigenvalue weighted by Crippen LogP contribution is 2.22. The molecule has 0 aromatic heterocycles. The van der Waals surface area contributed by atoms with Gasteiger partial charge < -0.3 is 24.4 Å². The summed E-state index contributed by atoms with van der Waals surface area (Å²) in [5, 5.41) is 19.3. The minimum absolute atomic E-state index is 0.147. The summed E-state index contributed by atoms with van der Waals surface area (Å²) in [7, 11) is 1.36. The average Bonchev–Trinajstić information content (AvgIpc) is 2.71.